The summed E-state index contributed by atoms with van der Waals surface area (Å²) in [5.41, 5.74) is 1.75. The minimum Gasteiger partial charge on any atom is -0.477 e. The fraction of sp³-hybridized carbons (Fsp3) is 0.133. The van der Waals surface area contributed by atoms with Crippen molar-refractivity contribution in [3.05, 3.63) is 41.7 Å². The van der Waals surface area contributed by atoms with Crippen molar-refractivity contribution >= 4 is 33.7 Å². The standard InChI is InChI=1S/C15H12N2O4/c1-2-21-15(20)8-4-3-5-10-13(8)9-6-11(14(18)19)16-7-12(9)17-10/h3-7,17H,2H2,1H3,(H,18,19). The highest BCUT2D eigenvalue weighted by molar-refractivity contribution is 6.17. The number of hydrogen-bond donors (Lipinski definition) is 2. The molecule has 6 heteroatoms. The van der Waals surface area contributed by atoms with Gasteiger partial charge in [0.15, 0.2) is 0 Å². The summed E-state index contributed by atoms with van der Waals surface area (Å²) >= 11 is 0. The summed E-state index contributed by atoms with van der Waals surface area (Å²) < 4.78 is 5.05. The number of nitrogens with zero attached hydrogens (tertiary/aromatic N) is 1. The average Bonchev–Trinajstić information content (AvgIpc) is 2.84. The number of rotatable bonds is 3. The lowest BCUT2D eigenvalue weighted by Gasteiger charge is -2.03. The predicted octanol–water partition coefficient (Wildman–Crippen LogP) is 2.59. The van der Waals surface area contributed by atoms with E-state index in [1.54, 1.807) is 19.1 Å². The van der Waals surface area contributed by atoms with Gasteiger partial charge in [-0.15, -0.1) is 0 Å². The molecule has 0 bridgehead atoms. The Balaban J connectivity index is 2.34. The third kappa shape index (κ3) is 2.10. The van der Waals surface area contributed by atoms with E-state index < -0.39 is 11.9 Å². The molecule has 2 aromatic heterocycles. The van der Waals surface area contributed by atoms with Crippen molar-refractivity contribution in [2.45, 2.75) is 6.92 Å². The van der Waals surface area contributed by atoms with Gasteiger partial charge in [0, 0.05) is 16.3 Å². The van der Waals surface area contributed by atoms with Crippen LogP contribution in [0.15, 0.2) is 30.5 Å². The first-order valence-corrected chi connectivity index (χ1v) is 6.42. The largest absolute Gasteiger partial charge is 0.477 e. The Bertz CT molecular complexity index is 867. The molecule has 21 heavy (non-hydrogen) atoms. The molecule has 106 valence electrons. The van der Waals surface area contributed by atoms with Gasteiger partial charge in [0.1, 0.15) is 5.69 Å². The molecule has 0 saturated carbocycles. The number of aromatic carboxylic acids is 1. The Morgan fingerprint density at radius 1 is 1.33 bits per heavy atom. The Morgan fingerprint density at radius 3 is 2.86 bits per heavy atom. The zero-order valence-electron chi connectivity index (χ0n) is 11.2. The fourth-order valence-corrected chi connectivity index (χ4v) is 2.35. The number of nitrogens with one attached hydrogen (secondary N) is 1. The van der Waals surface area contributed by atoms with E-state index >= 15 is 0 Å². The highest BCUT2D eigenvalue weighted by atomic mass is 16.5. The first-order valence-electron chi connectivity index (χ1n) is 6.42. The minimum atomic E-state index is -1.11. The third-order valence-electron chi connectivity index (χ3n) is 3.22. The molecule has 2 N–H and O–H groups in total. The molecule has 0 spiro atoms. The summed E-state index contributed by atoms with van der Waals surface area (Å²) in [6.07, 6.45) is 1.45. The van der Waals surface area contributed by atoms with Gasteiger partial charge in [-0.05, 0) is 25.1 Å². The second kappa shape index (κ2) is 4.90. The van der Waals surface area contributed by atoms with E-state index in [0.717, 1.165) is 5.52 Å². The van der Waals surface area contributed by atoms with Gasteiger partial charge >= 0.3 is 11.9 Å². The number of carboxylic acid groups (broad SMARTS) is 1. The molecule has 0 amide bonds. The van der Waals surface area contributed by atoms with Crippen LogP contribution in [0.25, 0.3) is 21.8 Å². The number of hydrogen-bond acceptors (Lipinski definition) is 4. The van der Waals surface area contributed by atoms with Crippen LogP contribution in [0.4, 0.5) is 0 Å². The zero-order valence-corrected chi connectivity index (χ0v) is 11.2. The second-order valence-corrected chi connectivity index (χ2v) is 4.49. The van der Waals surface area contributed by atoms with Gasteiger partial charge in [-0.2, -0.15) is 0 Å². The van der Waals surface area contributed by atoms with E-state index in [0.29, 0.717) is 21.9 Å². The molecule has 0 fully saturated rings. The molecule has 0 radical (unpaired) electrons. The van der Waals surface area contributed by atoms with Gasteiger partial charge in [-0.3, -0.25) is 0 Å². The molecule has 0 aliphatic rings. The van der Waals surface area contributed by atoms with Crippen molar-refractivity contribution in [2.75, 3.05) is 6.61 Å². The van der Waals surface area contributed by atoms with Crippen LogP contribution in [-0.4, -0.2) is 33.6 Å². The first-order chi connectivity index (χ1) is 10.1. The van der Waals surface area contributed by atoms with Crippen molar-refractivity contribution in [3.8, 4) is 0 Å². The number of carboxylic acids is 1. The van der Waals surface area contributed by atoms with Crippen molar-refractivity contribution < 1.29 is 19.4 Å². The number of carbonyl (C=O) groups excluding carboxylic acids is 1. The maximum absolute atomic E-state index is 12.1. The van der Waals surface area contributed by atoms with Crippen molar-refractivity contribution in [1.82, 2.24) is 9.97 Å². The average molecular weight is 284 g/mol. The van der Waals surface area contributed by atoms with Gasteiger partial charge in [0.2, 0.25) is 0 Å². The molecular formula is C15H12N2O4. The maximum Gasteiger partial charge on any atom is 0.354 e. The van der Waals surface area contributed by atoms with Crippen LogP contribution in [0, 0.1) is 0 Å². The summed E-state index contributed by atoms with van der Waals surface area (Å²) in [4.78, 5) is 30.1. The van der Waals surface area contributed by atoms with Crippen molar-refractivity contribution in [3.63, 3.8) is 0 Å². The molecule has 0 aliphatic heterocycles. The maximum atomic E-state index is 12.1. The molecule has 2 heterocycles. The molecule has 0 aliphatic carbocycles. The molecule has 3 rings (SSSR count). The first kappa shape index (κ1) is 13.1. The Labute approximate surface area is 119 Å². The summed E-state index contributed by atoms with van der Waals surface area (Å²) in [7, 11) is 0. The van der Waals surface area contributed by atoms with Crippen LogP contribution in [0.3, 0.4) is 0 Å². The highest BCUT2D eigenvalue weighted by Crippen LogP contribution is 2.29. The van der Waals surface area contributed by atoms with Crippen LogP contribution in [0.5, 0.6) is 0 Å². The lowest BCUT2D eigenvalue weighted by atomic mass is 10.1. The lowest BCUT2D eigenvalue weighted by molar-refractivity contribution is 0.0528. The van der Waals surface area contributed by atoms with E-state index in [1.807, 2.05) is 6.07 Å². The summed E-state index contributed by atoms with van der Waals surface area (Å²) in [5.74, 6) is -1.54. The van der Waals surface area contributed by atoms with Crippen molar-refractivity contribution in [1.29, 1.82) is 0 Å². The number of ether oxygens (including phenoxy) is 1. The van der Waals surface area contributed by atoms with E-state index in [-0.39, 0.29) is 12.3 Å². The number of H-pyrrole nitrogens is 1. The topological polar surface area (TPSA) is 92.3 Å². The van der Waals surface area contributed by atoms with Crippen LogP contribution in [0.1, 0.15) is 27.8 Å². The van der Waals surface area contributed by atoms with E-state index in [1.165, 1.54) is 12.3 Å². The Hall–Kier alpha value is -2.89. The monoisotopic (exact) mass is 284 g/mol. The van der Waals surface area contributed by atoms with E-state index in [2.05, 4.69) is 9.97 Å². The number of fused-ring (bicyclic) bond motifs is 3. The summed E-state index contributed by atoms with van der Waals surface area (Å²) in [6, 6.07) is 6.68. The Kier molecular flexibility index (Phi) is 3.06. The molecule has 3 aromatic rings. The number of pyridine rings is 1. The van der Waals surface area contributed by atoms with Crippen LogP contribution >= 0.6 is 0 Å². The van der Waals surface area contributed by atoms with Crippen LogP contribution in [-0.2, 0) is 4.74 Å². The van der Waals surface area contributed by atoms with Crippen molar-refractivity contribution in [2.24, 2.45) is 0 Å². The molecule has 6 nitrogen and oxygen atoms in total. The van der Waals surface area contributed by atoms with Gasteiger partial charge in [-0.1, -0.05) is 6.07 Å². The number of carbonyl (C=O) groups is 2. The number of benzene rings is 1. The summed E-state index contributed by atoms with van der Waals surface area (Å²) in [5, 5.41) is 10.3. The van der Waals surface area contributed by atoms with E-state index in [4.69, 9.17) is 9.84 Å². The smallest absolute Gasteiger partial charge is 0.354 e. The van der Waals surface area contributed by atoms with Crippen LogP contribution in [0.2, 0.25) is 0 Å². The fourth-order valence-electron chi connectivity index (χ4n) is 2.35. The molecular weight excluding hydrogens is 272 g/mol. The number of esters is 1. The number of aromatic nitrogens is 2. The van der Waals surface area contributed by atoms with E-state index in [9.17, 15) is 9.59 Å². The minimum absolute atomic E-state index is 0.0675. The molecule has 1 aromatic carbocycles. The second-order valence-electron chi connectivity index (χ2n) is 4.49. The highest BCUT2D eigenvalue weighted by Gasteiger charge is 2.16. The van der Waals surface area contributed by atoms with Crippen LogP contribution < -0.4 is 0 Å². The molecule has 0 unspecified atom stereocenters. The van der Waals surface area contributed by atoms with Gasteiger partial charge in [0.05, 0.1) is 23.9 Å². The normalized spacial score (nSPS) is 10.9. The SMILES string of the molecule is CCOC(=O)c1cccc2[nH]c3cnc(C(=O)O)cc3c12. The predicted molar refractivity (Wildman–Crippen MR) is 76.5 cm³/mol. The lowest BCUT2D eigenvalue weighted by Crippen LogP contribution is -2.05. The third-order valence-corrected chi connectivity index (χ3v) is 3.22. The van der Waals surface area contributed by atoms with Gasteiger partial charge in [-0.25, -0.2) is 14.6 Å². The Morgan fingerprint density at radius 2 is 2.14 bits per heavy atom. The number of aromatic amines is 1. The van der Waals surface area contributed by atoms with Gasteiger partial charge in [0.25, 0.3) is 0 Å². The van der Waals surface area contributed by atoms with Gasteiger partial charge < -0.3 is 14.8 Å². The zero-order chi connectivity index (χ0) is 15.0. The quantitative estimate of drug-likeness (QED) is 0.721. The molecule has 0 saturated heterocycles. The molecule has 0 atom stereocenters. The summed E-state index contributed by atoms with van der Waals surface area (Å²) in [6.45, 7) is 2.01.